The normalized spacial score (nSPS) is 20.2. The molecule has 0 bridgehead atoms. The minimum Gasteiger partial charge on any atom is -0.373 e. The maximum Gasteiger partial charge on any atom is 0.527 e. The molecular formula is C22H18F8O2. The molecule has 2 unspecified atom stereocenters. The lowest BCUT2D eigenvalue weighted by atomic mass is 9.92. The molecule has 3 rings (SSSR count). The summed E-state index contributed by atoms with van der Waals surface area (Å²) in [4.78, 5) is 0. The van der Waals surface area contributed by atoms with E-state index in [1.54, 1.807) is 0 Å². The first-order valence-electron chi connectivity index (χ1n) is 9.59. The SMILES string of the molecule is C/C=C/C1CCC(c2cc(F)c(-c3ccc(C(F)(F)OC(F)(F)F)c(F)c3)c(F)c2)OC1. The third-order valence-corrected chi connectivity index (χ3v) is 5.03. The Balaban J connectivity index is 1.87. The smallest absolute Gasteiger partial charge is 0.373 e. The predicted octanol–water partition coefficient (Wildman–Crippen LogP) is 7.40. The Morgan fingerprint density at radius 1 is 0.938 bits per heavy atom. The molecule has 0 spiro atoms. The highest BCUT2D eigenvalue weighted by Crippen LogP contribution is 2.40. The van der Waals surface area contributed by atoms with Gasteiger partial charge in [-0.3, -0.25) is 0 Å². The van der Waals surface area contributed by atoms with E-state index in [0.29, 0.717) is 25.2 Å². The first-order chi connectivity index (χ1) is 14.9. The van der Waals surface area contributed by atoms with Gasteiger partial charge in [0.2, 0.25) is 0 Å². The Kier molecular flexibility index (Phi) is 6.94. The van der Waals surface area contributed by atoms with Gasteiger partial charge >= 0.3 is 12.5 Å². The average Bonchev–Trinajstić information content (AvgIpc) is 2.66. The molecule has 0 aliphatic carbocycles. The van der Waals surface area contributed by atoms with E-state index in [1.807, 2.05) is 19.1 Å². The van der Waals surface area contributed by atoms with E-state index < -0.39 is 52.7 Å². The summed E-state index contributed by atoms with van der Waals surface area (Å²) in [6.07, 6.45) is -6.17. The Hall–Kier alpha value is -2.46. The van der Waals surface area contributed by atoms with Crippen LogP contribution in [-0.2, 0) is 15.6 Å². The molecule has 0 saturated carbocycles. The third kappa shape index (κ3) is 5.47. The van der Waals surface area contributed by atoms with Crippen LogP contribution in [0.4, 0.5) is 35.1 Å². The Morgan fingerprint density at radius 2 is 1.59 bits per heavy atom. The Labute approximate surface area is 178 Å². The molecule has 1 aliphatic rings. The molecule has 1 fully saturated rings. The van der Waals surface area contributed by atoms with Gasteiger partial charge in [-0.25, -0.2) is 17.9 Å². The lowest BCUT2D eigenvalue weighted by Gasteiger charge is -2.28. The van der Waals surface area contributed by atoms with Crippen LogP contribution >= 0.6 is 0 Å². The van der Waals surface area contributed by atoms with Crippen LogP contribution in [0.25, 0.3) is 11.1 Å². The molecule has 1 heterocycles. The van der Waals surface area contributed by atoms with Crippen LogP contribution < -0.4 is 0 Å². The van der Waals surface area contributed by atoms with Gasteiger partial charge in [-0.15, -0.1) is 13.2 Å². The maximum atomic E-state index is 14.7. The van der Waals surface area contributed by atoms with Crippen molar-refractivity contribution in [1.29, 1.82) is 0 Å². The minimum absolute atomic E-state index is 0.200. The van der Waals surface area contributed by atoms with Gasteiger partial charge in [-0.1, -0.05) is 18.2 Å². The second-order valence-electron chi connectivity index (χ2n) is 7.30. The summed E-state index contributed by atoms with van der Waals surface area (Å²) in [5.41, 5.74) is -2.66. The highest BCUT2D eigenvalue weighted by molar-refractivity contribution is 5.66. The number of hydrogen-bond donors (Lipinski definition) is 0. The lowest BCUT2D eigenvalue weighted by Crippen LogP contribution is -2.28. The summed E-state index contributed by atoms with van der Waals surface area (Å²) in [5.74, 6) is -3.80. The molecule has 2 nitrogen and oxygen atoms in total. The number of hydrogen-bond acceptors (Lipinski definition) is 2. The zero-order valence-corrected chi connectivity index (χ0v) is 16.7. The molecule has 10 heteroatoms. The molecule has 0 amide bonds. The standard InChI is InChI=1S/C22H18F8O2/c1-2-3-12-4-7-19(31-11-12)14-9-17(24)20(18(25)10-14)13-5-6-15(16(23)8-13)21(26,27)32-22(28,29)30/h2-3,5-6,8-10,12,19H,4,7,11H2,1H3/b3-2+. The third-order valence-electron chi connectivity index (χ3n) is 5.03. The lowest BCUT2D eigenvalue weighted by molar-refractivity contribution is -0.432. The summed E-state index contributed by atoms with van der Waals surface area (Å²) in [7, 11) is 0. The second-order valence-corrected chi connectivity index (χ2v) is 7.30. The maximum absolute atomic E-state index is 14.7. The summed E-state index contributed by atoms with van der Waals surface area (Å²) >= 11 is 0. The van der Waals surface area contributed by atoms with Crippen LogP contribution in [0.2, 0.25) is 0 Å². The average molecular weight is 466 g/mol. The van der Waals surface area contributed by atoms with Crippen LogP contribution in [0.5, 0.6) is 0 Å². The number of rotatable bonds is 5. The Morgan fingerprint density at radius 3 is 2.09 bits per heavy atom. The first kappa shape index (κ1) is 24.2. The van der Waals surface area contributed by atoms with Crippen molar-refractivity contribution in [2.45, 2.75) is 38.3 Å². The zero-order valence-electron chi connectivity index (χ0n) is 16.7. The van der Waals surface area contributed by atoms with E-state index in [-0.39, 0.29) is 17.5 Å². The molecule has 0 radical (unpaired) electrons. The van der Waals surface area contributed by atoms with Gasteiger partial charge in [-0.2, -0.15) is 8.78 Å². The van der Waals surface area contributed by atoms with E-state index >= 15 is 0 Å². The van der Waals surface area contributed by atoms with Crippen LogP contribution in [0, 0.1) is 23.4 Å². The number of benzene rings is 2. The van der Waals surface area contributed by atoms with Gasteiger partial charge in [0.15, 0.2) is 0 Å². The van der Waals surface area contributed by atoms with Crippen LogP contribution in [0.1, 0.15) is 37.0 Å². The first-order valence-corrected chi connectivity index (χ1v) is 9.59. The van der Waals surface area contributed by atoms with E-state index in [0.717, 1.165) is 18.6 Å². The molecule has 0 aromatic heterocycles. The number of halogens is 8. The molecule has 1 aliphatic heterocycles. The van der Waals surface area contributed by atoms with Gasteiger partial charge in [0.1, 0.15) is 17.5 Å². The van der Waals surface area contributed by atoms with Crippen molar-refractivity contribution in [3.8, 4) is 11.1 Å². The molecule has 0 N–H and O–H groups in total. The number of ether oxygens (including phenoxy) is 2. The van der Waals surface area contributed by atoms with Gasteiger partial charge in [0.05, 0.1) is 23.8 Å². The predicted molar refractivity (Wildman–Crippen MR) is 99.0 cm³/mol. The summed E-state index contributed by atoms with van der Waals surface area (Å²) < 4.78 is 115. The largest absolute Gasteiger partial charge is 0.527 e. The molecule has 1 saturated heterocycles. The molecule has 2 aromatic rings. The quantitative estimate of drug-likeness (QED) is 0.338. The monoisotopic (exact) mass is 466 g/mol. The highest BCUT2D eigenvalue weighted by atomic mass is 19.4. The zero-order chi connectivity index (χ0) is 23.7. The van der Waals surface area contributed by atoms with Crippen molar-refractivity contribution < 1.29 is 44.6 Å². The van der Waals surface area contributed by atoms with Crippen molar-refractivity contribution in [3.63, 3.8) is 0 Å². The minimum atomic E-state index is -5.73. The summed E-state index contributed by atoms with van der Waals surface area (Å²) in [5, 5.41) is 0. The molecule has 32 heavy (non-hydrogen) atoms. The van der Waals surface area contributed by atoms with Crippen LogP contribution in [0.15, 0.2) is 42.5 Å². The van der Waals surface area contributed by atoms with E-state index in [4.69, 9.17) is 4.74 Å². The number of allylic oxidation sites excluding steroid dienone is 1. The van der Waals surface area contributed by atoms with Gasteiger partial charge < -0.3 is 4.74 Å². The van der Waals surface area contributed by atoms with E-state index in [9.17, 15) is 35.1 Å². The van der Waals surface area contributed by atoms with Gasteiger partial charge in [0, 0.05) is 5.92 Å². The fraction of sp³-hybridized carbons (Fsp3) is 0.364. The van der Waals surface area contributed by atoms with Crippen molar-refractivity contribution >= 4 is 0 Å². The summed E-state index contributed by atoms with van der Waals surface area (Å²) in [6.45, 7) is 2.25. The molecule has 2 atom stereocenters. The van der Waals surface area contributed by atoms with E-state index in [2.05, 4.69) is 4.74 Å². The number of alkyl halides is 5. The van der Waals surface area contributed by atoms with Crippen molar-refractivity contribution in [1.82, 2.24) is 0 Å². The van der Waals surface area contributed by atoms with E-state index in [1.165, 1.54) is 0 Å². The molecular weight excluding hydrogens is 448 g/mol. The second kappa shape index (κ2) is 9.19. The summed E-state index contributed by atoms with van der Waals surface area (Å²) in [6, 6.07) is 3.31. The van der Waals surface area contributed by atoms with Gasteiger partial charge in [0.25, 0.3) is 0 Å². The molecule has 2 aromatic carbocycles. The van der Waals surface area contributed by atoms with Crippen molar-refractivity contribution in [2.75, 3.05) is 6.61 Å². The van der Waals surface area contributed by atoms with Crippen LogP contribution in [0.3, 0.4) is 0 Å². The van der Waals surface area contributed by atoms with Crippen molar-refractivity contribution in [2.24, 2.45) is 5.92 Å². The topological polar surface area (TPSA) is 18.5 Å². The fourth-order valence-corrected chi connectivity index (χ4v) is 3.62. The van der Waals surface area contributed by atoms with Gasteiger partial charge in [-0.05, 0) is 55.2 Å². The fourth-order valence-electron chi connectivity index (χ4n) is 3.62. The van der Waals surface area contributed by atoms with Crippen molar-refractivity contribution in [3.05, 3.63) is 71.1 Å². The van der Waals surface area contributed by atoms with Crippen LogP contribution in [-0.4, -0.2) is 13.0 Å². The highest BCUT2D eigenvalue weighted by Gasteiger charge is 2.47. The molecule has 174 valence electrons. The Bertz CT molecular complexity index is 969.